The number of dihydropyridines is 1. The maximum atomic E-state index is 13.5. The van der Waals surface area contributed by atoms with Gasteiger partial charge in [-0.2, -0.15) is 0 Å². The first-order valence-corrected chi connectivity index (χ1v) is 11.8. The molecule has 0 amide bonds. The second-order valence-electron chi connectivity index (χ2n) is 8.36. The number of halogens is 2. The SMILES string of the molecule is COC(=O)C1=C(C)NC2=C(C(=O)c3ccccc32)[C@H]1c1ccc(OCc2ccc(Cl)cc2)c(Cl)c1. The molecule has 0 radical (unpaired) electrons. The van der Waals surface area contributed by atoms with Crippen LogP contribution in [0, 0.1) is 0 Å². The van der Waals surface area contributed by atoms with Gasteiger partial charge >= 0.3 is 5.97 Å². The highest BCUT2D eigenvalue weighted by Gasteiger charge is 2.42. The first-order valence-electron chi connectivity index (χ1n) is 11.0. The number of allylic oxidation sites excluding steroid dienone is 2. The second-order valence-corrected chi connectivity index (χ2v) is 9.20. The van der Waals surface area contributed by atoms with Crippen molar-refractivity contribution in [2.24, 2.45) is 0 Å². The summed E-state index contributed by atoms with van der Waals surface area (Å²) in [4.78, 5) is 26.3. The molecule has 5 rings (SSSR count). The Bertz CT molecular complexity index is 1420. The number of esters is 1. The number of benzene rings is 3. The summed E-state index contributed by atoms with van der Waals surface area (Å²) in [5.41, 5.74) is 5.27. The van der Waals surface area contributed by atoms with Gasteiger partial charge in [-0.1, -0.05) is 65.7 Å². The molecule has 2 aliphatic rings. The molecule has 1 aliphatic carbocycles. The number of ether oxygens (including phenoxy) is 2. The molecule has 0 aromatic heterocycles. The lowest BCUT2D eigenvalue weighted by Crippen LogP contribution is -2.29. The van der Waals surface area contributed by atoms with Gasteiger partial charge in [0.05, 0.1) is 23.4 Å². The van der Waals surface area contributed by atoms with Gasteiger partial charge in [0, 0.05) is 33.3 Å². The van der Waals surface area contributed by atoms with Crippen molar-refractivity contribution >= 4 is 40.7 Å². The quantitative estimate of drug-likeness (QED) is 0.411. The van der Waals surface area contributed by atoms with Gasteiger partial charge in [-0.15, -0.1) is 0 Å². The molecule has 35 heavy (non-hydrogen) atoms. The summed E-state index contributed by atoms with van der Waals surface area (Å²) < 4.78 is 11.0. The van der Waals surface area contributed by atoms with Gasteiger partial charge < -0.3 is 14.8 Å². The van der Waals surface area contributed by atoms with E-state index in [1.54, 1.807) is 37.3 Å². The fourth-order valence-electron chi connectivity index (χ4n) is 4.60. The van der Waals surface area contributed by atoms with Crippen LogP contribution >= 0.6 is 23.2 Å². The number of rotatable bonds is 5. The van der Waals surface area contributed by atoms with Crippen LogP contribution in [0.1, 0.15) is 39.9 Å². The summed E-state index contributed by atoms with van der Waals surface area (Å²) in [5, 5.41) is 4.30. The summed E-state index contributed by atoms with van der Waals surface area (Å²) in [5.74, 6) is -0.771. The van der Waals surface area contributed by atoms with Gasteiger partial charge in [0.2, 0.25) is 0 Å². The third kappa shape index (κ3) is 4.11. The number of carbonyl (C=O) groups excluding carboxylic acids is 2. The summed E-state index contributed by atoms with van der Waals surface area (Å²) in [6.45, 7) is 2.12. The predicted octanol–water partition coefficient (Wildman–Crippen LogP) is 6.31. The molecular weight excluding hydrogens is 485 g/mol. The Morgan fingerprint density at radius 3 is 2.40 bits per heavy atom. The average Bonchev–Trinajstić information content (AvgIpc) is 3.14. The normalized spacial score (nSPS) is 16.6. The van der Waals surface area contributed by atoms with Crippen molar-refractivity contribution in [2.75, 3.05) is 7.11 Å². The molecule has 0 fully saturated rings. The minimum atomic E-state index is -0.638. The van der Waals surface area contributed by atoms with E-state index in [1.165, 1.54) is 7.11 Å². The van der Waals surface area contributed by atoms with Crippen LogP contribution in [0.25, 0.3) is 5.70 Å². The van der Waals surface area contributed by atoms with Crippen LogP contribution in [0.15, 0.2) is 83.6 Å². The number of fused-ring (bicyclic) bond motifs is 2. The topological polar surface area (TPSA) is 64.6 Å². The molecule has 5 nitrogen and oxygen atoms in total. The third-order valence-corrected chi connectivity index (χ3v) is 6.80. The third-order valence-electron chi connectivity index (χ3n) is 6.25. The summed E-state index contributed by atoms with van der Waals surface area (Å²) >= 11 is 12.6. The van der Waals surface area contributed by atoms with Gasteiger partial charge in [-0.05, 0) is 42.3 Å². The molecule has 1 atom stereocenters. The maximum absolute atomic E-state index is 13.5. The Labute approximate surface area is 213 Å². The van der Waals surface area contributed by atoms with Crippen LogP contribution in [0.5, 0.6) is 5.75 Å². The van der Waals surface area contributed by atoms with Crippen molar-refractivity contribution in [3.05, 3.63) is 116 Å². The number of hydrogen-bond acceptors (Lipinski definition) is 5. The van der Waals surface area contributed by atoms with Crippen molar-refractivity contribution in [1.82, 2.24) is 5.32 Å². The molecule has 1 N–H and O–H groups in total. The Morgan fingerprint density at radius 2 is 1.71 bits per heavy atom. The zero-order chi connectivity index (χ0) is 24.7. The van der Waals surface area contributed by atoms with E-state index in [-0.39, 0.29) is 5.78 Å². The molecule has 0 unspecified atom stereocenters. The molecule has 1 heterocycles. The van der Waals surface area contributed by atoms with Gasteiger partial charge in [0.25, 0.3) is 0 Å². The summed E-state index contributed by atoms with van der Waals surface area (Å²) in [7, 11) is 1.33. The molecule has 0 saturated carbocycles. The largest absolute Gasteiger partial charge is 0.487 e. The van der Waals surface area contributed by atoms with E-state index in [9.17, 15) is 9.59 Å². The highest BCUT2D eigenvalue weighted by atomic mass is 35.5. The molecule has 1 aliphatic heterocycles. The predicted molar refractivity (Wildman–Crippen MR) is 136 cm³/mol. The lowest BCUT2D eigenvalue weighted by atomic mass is 9.80. The van der Waals surface area contributed by atoms with Crippen LogP contribution in [-0.2, 0) is 16.1 Å². The molecule has 0 saturated heterocycles. The number of carbonyl (C=O) groups is 2. The Hall–Kier alpha value is -3.54. The van der Waals surface area contributed by atoms with Crippen LogP contribution < -0.4 is 10.1 Å². The van der Waals surface area contributed by atoms with E-state index in [4.69, 9.17) is 32.7 Å². The average molecular weight is 506 g/mol. The Morgan fingerprint density at radius 1 is 1.00 bits per heavy atom. The highest BCUT2D eigenvalue weighted by molar-refractivity contribution is 6.32. The molecule has 0 spiro atoms. The number of methoxy groups -OCH3 is 1. The van der Waals surface area contributed by atoms with Crippen LogP contribution in [0.4, 0.5) is 0 Å². The molecule has 0 bridgehead atoms. The van der Waals surface area contributed by atoms with E-state index >= 15 is 0 Å². The number of Topliss-reactive ketones (excluding diaryl/α,β-unsaturated/α-hetero) is 1. The highest BCUT2D eigenvalue weighted by Crippen LogP contribution is 2.47. The van der Waals surface area contributed by atoms with E-state index in [0.29, 0.717) is 56.1 Å². The van der Waals surface area contributed by atoms with Gasteiger partial charge in [-0.25, -0.2) is 4.79 Å². The minimum absolute atomic E-state index is 0.124. The van der Waals surface area contributed by atoms with E-state index in [0.717, 1.165) is 11.1 Å². The fraction of sp³-hybridized carbons (Fsp3) is 0.143. The van der Waals surface area contributed by atoms with Gasteiger partial charge in [0.1, 0.15) is 12.4 Å². The van der Waals surface area contributed by atoms with E-state index in [2.05, 4.69) is 5.32 Å². The fourth-order valence-corrected chi connectivity index (χ4v) is 4.97. The lowest BCUT2D eigenvalue weighted by molar-refractivity contribution is -0.136. The molecule has 7 heteroatoms. The van der Waals surface area contributed by atoms with E-state index < -0.39 is 11.9 Å². The molecular formula is C28H21Cl2NO4. The zero-order valence-corrected chi connectivity index (χ0v) is 20.5. The number of hydrogen-bond donors (Lipinski definition) is 1. The second kappa shape index (κ2) is 9.25. The molecule has 3 aromatic carbocycles. The van der Waals surface area contributed by atoms with Crippen molar-refractivity contribution in [3.8, 4) is 5.75 Å². The summed E-state index contributed by atoms with van der Waals surface area (Å²) in [6, 6.07) is 20.1. The van der Waals surface area contributed by atoms with Crippen molar-refractivity contribution in [1.29, 1.82) is 0 Å². The molecule has 176 valence electrons. The monoisotopic (exact) mass is 505 g/mol. The lowest BCUT2D eigenvalue weighted by Gasteiger charge is -2.29. The van der Waals surface area contributed by atoms with Crippen LogP contribution in [-0.4, -0.2) is 18.9 Å². The van der Waals surface area contributed by atoms with Crippen LogP contribution in [0.2, 0.25) is 10.0 Å². The maximum Gasteiger partial charge on any atom is 0.336 e. The van der Waals surface area contributed by atoms with Gasteiger partial charge in [0.15, 0.2) is 5.78 Å². The van der Waals surface area contributed by atoms with Crippen molar-refractivity contribution < 1.29 is 19.1 Å². The van der Waals surface area contributed by atoms with Crippen LogP contribution in [0.3, 0.4) is 0 Å². The standard InChI is InChI=1S/C28H21Cl2NO4/c1-15-23(28(33)34-2)24(25-26(31-15)19-5-3-4-6-20(19)27(25)32)17-9-12-22(21(30)13-17)35-14-16-7-10-18(29)11-8-16/h3-13,24,31H,14H2,1-2H3/t24-/m0/s1. The van der Waals surface area contributed by atoms with E-state index in [1.807, 2.05) is 36.4 Å². The minimum Gasteiger partial charge on any atom is -0.487 e. The Balaban J connectivity index is 1.53. The smallest absolute Gasteiger partial charge is 0.336 e. The van der Waals surface area contributed by atoms with Gasteiger partial charge in [-0.3, -0.25) is 4.79 Å². The molecule has 3 aromatic rings. The summed E-state index contributed by atoms with van der Waals surface area (Å²) in [6.07, 6.45) is 0. The Kier molecular flexibility index (Phi) is 6.13. The van der Waals surface area contributed by atoms with Crippen molar-refractivity contribution in [2.45, 2.75) is 19.4 Å². The first kappa shape index (κ1) is 23.2. The zero-order valence-electron chi connectivity index (χ0n) is 19.0. The first-order chi connectivity index (χ1) is 16.9. The number of nitrogens with one attached hydrogen (secondary N) is 1. The number of ketones is 1. The van der Waals surface area contributed by atoms with Crippen molar-refractivity contribution in [3.63, 3.8) is 0 Å².